The van der Waals surface area contributed by atoms with Crippen LogP contribution < -0.4 is 16.2 Å². The van der Waals surface area contributed by atoms with Crippen molar-refractivity contribution in [3.63, 3.8) is 0 Å². The molecular weight excluding hydrogens is 357 g/mol. The summed E-state index contributed by atoms with van der Waals surface area (Å²) in [6.45, 7) is 0. The fraction of sp³-hybridized carbons (Fsp3) is 0.100. The third kappa shape index (κ3) is 3.84. The number of rotatable bonds is 3. The van der Waals surface area contributed by atoms with E-state index < -0.39 is 12.1 Å². The molecular formula is C10H8BrF3N6O. The van der Waals surface area contributed by atoms with E-state index >= 15 is 0 Å². The molecule has 0 radical (unpaired) electrons. The van der Waals surface area contributed by atoms with Gasteiger partial charge in [0.15, 0.2) is 17.3 Å². The lowest BCUT2D eigenvalue weighted by atomic mass is 10.3. The number of nitrogens with one attached hydrogen (secondary N) is 1. The minimum Gasteiger partial charge on any atom is -0.403 e. The Morgan fingerprint density at radius 3 is 2.52 bits per heavy atom. The van der Waals surface area contributed by atoms with E-state index in [1.807, 2.05) is 0 Å². The quantitative estimate of drug-likeness (QED) is 0.720. The van der Waals surface area contributed by atoms with Crippen LogP contribution in [0.25, 0.3) is 0 Å². The van der Waals surface area contributed by atoms with Crippen molar-refractivity contribution in [1.29, 1.82) is 0 Å². The van der Waals surface area contributed by atoms with Crippen molar-refractivity contribution in [2.75, 3.05) is 11.5 Å². The van der Waals surface area contributed by atoms with Gasteiger partial charge in [0.25, 0.3) is 0 Å². The zero-order chi connectivity index (χ0) is 15.6. The van der Waals surface area contributed by atoms with Gasteiger partial charge in [-0.15, -0.1) is 23.4 Å². The maximum Gasteiger partial charge on any atom is 0.573 e. The number of nitrogens with two attached hydrogens (primary N) is 2. The highest BCUT2D eigenvalue weighted by molar-refractivity contribution is 9.10. The summed E-state index contributed by atoms with van der Waals surface area (Å²) in [4.78, 5) is 0. The molecule has 5 N–H and O–H groups in total. The molecule has 0 amide bonds. The highest BCUT2D eigenvalue weighted by Gasteiger charge is 2.32. The second-order valence-corrected chi connectivity index (χ2v) is 4.65. The largest absolute Gasteiger partial charge is 0.573 e. The van der Waals surface area contributed by atoms with Gasteiger partial charge in [-0.2, -0.15) is 5.10 Å². The number of aromatic amines is 1. The van der Waals surface area contributed by atoms with Crippen molar-refractivity contribution in [1.82, 2.24) is 10.2 Å². The van der Waals surface area contributed by atoms with Crippen molar-refractivity contribution >= 4 is 38.9 Å². The lowest BCUT2D eigenvalue weighted by Crippen LogP contribution is -2.17. The predicted octanol–water partition coefficient (Wildman–Crippen LogP) is 3.65. The van der Waals surface area contributed by atoms with E-state index in [1.54, 1.807) is 0 Å². The molecule has 112 valence electrons. The Bertz CT molecular complexity index is 664. The number of azo groups is 1. The van der Waals surface area contributed by atoms with Crippen LogP contribution in [0.3, 0.4) is 0 Å². The molecule has 1 heterocycles. The standard InChI is InChI=1S/C10H8BrF3N6O/c11-4-1-2-5(6(3-4)21-10(12,13)14)17-18-7-8(15)19-20-9(7)16/h1-3H,(H5,15,16,19,20). The van der Waals surface area contributed by atoms with Crippen LogP contribution in [0.4, 0.5) is 36.2 Å². The summed E-state index contributed by atoms with van der Waals surface area (Å²) in [5, 5.41) is 13.3. The first-order valence-electron chi connectivity index (χ1n) is 5.32. The Labute approximate surface area is 124 Å². The van der Waals surface area contributed by atoms with Crippen molar-refractivity contribution in [2.45, 2.75) is 6.36 Å². The lowest BCUT2D eigenvalue weighted by molar-refractivity contribution is -0.274. The van der Waals surface area contributed by atoms with Crippen LogP contribution >= 0.6 is 15.9 Å². The fourth-order valence-corrected chi connectivity index (χ4v) is 1.69. The van der Waals surface area contributed by atoms with Crippen LogP contribution in [0, 0.1) is 0 Å². The molecule has 0 aliphatic rings. The Kier molecular flexibility index (Phi) is 4.02. The van der Waals surface area contributed by atoms with Crippen LogP contribution in [0.1, 0.15) is 0 Å². The van der Waals surface area contributed by atoms with Gasteiger partial charge in [0.2, 0.25) is 0 Å². The Balaban J connectivity index is 2.36. The normalized spacial score (nSPS) is 12.0. The van der Waals surface area contributed by atoms with Gasteiger partial charge < -0.3 is 16.2 Å². The number of nitrogens with zero attached hydrogens (tertiary/aromatic N) is 3. The van der Waals surface area contributed by atoms with E-state index in [1.165, 1.54) is 12.1 Å². The molecule has 2 rings (SSSR count). The highest BCUT2D eigenvalue weighted by Crippen LogP contribution is 2.36. The summed E-state index contributed by atoms with van der Waals surface area (Å²) in [6.07, 6.45) is -4.85. The third-order valence-electron chi connectivity index (χ3n) is 2.20. The minimum absolute atomic E-state index is 0.0216. The SMILES string of the molecule is Nc1n[nH]c(N)c1N=Nc1ccc(Br)cc1OC(F)(F)F. The summed E-state index contributed by atoms with van der Waals surface area (Å²) in [5.41, 5.74) is 10.9. The van der Waals surface area contributed by atoms with Crippen molar-refractivity contribution in [2.24, 2.45) is 10.2 Å². The van der Waals surface area contributed by atoms with Gasteiger partial charge in [-0.05, 0) is 18.2 Å². The summed E-state index contributed by atoms with van der Waals surface area (Å²) < 4.78 is 41.3. The Morgan fingerprint density at radius 1 is 1.24 bits per heavy atom. The summed E-state index contributed by atoms with van der Waals surface area (Å²) in [6, 6.07) is 3.89. The maximum atomic E-state index is 12.3. The van der Waals surface area contributed by atoms with E-state index in [2.05, 4.69) is 41.1 Å². The van der Waals surface area contributed by atoms with Gasteiger partial charge in [-0.1, -0.05) is 15.9 Å². The Hall–Kier alpha value is -2.30. The molecule has 0 aliphatic carbocycles. The minimum atomic E-state index is -4.85. The molecule has 0 fully saturated rings. The van der Waals surface area contributed by atoms with Crippen LogP contribution in [-0.4, -0.2) is 16.6 Å². The van der Waals surface area contributed by atoms with E-state index in [9.17, 15) is 13.2 Å². The molecule has 2 aromatic rings. The van der Waals surface area contributed by atoms with Crippen molar-refractivity contribution < 1.29 is 17.9 Å². The highest BCUT2D eigenvalue weighted by atomic mass is 79.9. The second kappa shape index (κ2) is 5.60. The average molecular weight is 365 g/mol. The van der Waals surface area contributed by atoms with Gasteiger partial charge in [0.05, 0.1) is 0 Å². The number of H-pyrrole nitrogens is 1. The smallest absolute Gasteiger partial charge is 0.403 e. The van der Waals surface area contributed by atoms with Crippen LogP contribution in [0.2, 0.25) is 0 Å². The molecule has 0 saturated heterocycles. The first-order chi connectivity index (χ1) is 9.76. The topological polar surface area (TPSA) is 115 Å². The molecule has 21 heavy (non-hydrogen) atoms. The third-order valence-corrected chi connectivity index (χ3v) is 2.69. The summed E-state index contributed by atoms with van der Waals surface area (Å²) >= 11 is 3.04. The van der Waals surface area contributed by atoms with Crippen LogP contribution in [0.5, 0.6) is 5.75 Å². The number of anilines is 2. The molecule has 0 bridgehead atoms. The van der Waals surface area contributed by atoms with E-state index in [4.69, 9.17) is 11.5 Å². The predicted molar refractivity (Wildman–Crippen MR) is 72.4 cm³/mol. The molecule has 1 aromatic heterocycles. The molecule has 1 aromatic carbocycles. The first-order valence-corrected chi connectivity index (χ1v) is 6.12. The van der Waals surface area contributed by atoms with Gasteiger partial charge in [-0.3, -0.25) is 5.10 Å². The van der Waals surface area contributed by atoms with Gasteiger partial charge >= 0.3 is 6.36 Å². The lowest BCUT2D eigenvalue weighted by Gasteiger charge is -2.10. The molecule has 0 atom stereocenters. The van der Waals surface area contributed by atoms with E-state index in [0.717, 1.165) is 6.07 Å². The summed E-state index contributed by atoms with van der Waals surface area (Å²) in [5.74, 6) is -0.487. The number of benzene rings is 1. The number of halogens is 4. The number of alkyl halides is 3. The zero-order valence-electron chi connectivity index (χ0n) is 10.1. The molecule has 7 nitrogen and oxygen atoms in total. The fourth-order valence-electron chi connectivity index (χ4n) is 1.35. The van der Waals surface area contributed by atoms with Gasteiger partial charge in [0, 0.05) is 4.47 Å². The van der Waals surface area contributed by atoms with Gasteiger partial charge in [0.1, 0.15) is 11.5 Å². The molecule has 11 heteroatoms. The van der Waals surface area contributed by atoms with Crippen LogP contribution in [-0.2, 0) is 0 Å². The molecule has 0 aliphatic heterocycles. The number of hydrogen-bond donors (Lipinski definition) is 3. The maximum absolute atomic E-state index is 12.3. The van der Waals surface area contributed by atoms with Crippen molar-refractivity contribution in [3.8, 4) is 5.75 Å². The molecule has 0 spiro atoms. The zero-order valence-corrected chi connectivity index (χ0v) is 11.7. The Morgan fingerprint density at radius 2 is 1.95 bits per heavy atom. The first kappa shape index (κ1) is 15.1. The molecule has 0 saturated carbocycles. The average Bonchev–Trinajstić information content (AvgIpc) is 2.67. The van der Waals surface area contributed by atoms with Crippen molar-refractivity contribution in [3.05, 3.63) is 22.7 Å². The monoisotopic (exact) mass is 364 g/mol. The van der Waals surface area contributed by atoms with Gasteiger partial charge in [-0.25, -0.2) is 0 Å². The van der Waals surface area contributed by atoms with E-state index in [-0.39, 0.29) is 23.0 Å². The number of hydrogen-bond acceptors (Lipinski definition) is 6. The number of aromatic nitrogens is 2. The number of ether oxygens (including phenoxy) is 1. The molecule has 0 unspecified atom stereocenters. The second-order valence-electron chi connectivity index (χ2n) is 3.73. The van der Waals surface area contributed by atoms with E-state index in [0.29, 0.717) is 4.47 Å². The van der Waals surface area contributed by atoms with Crippen LogP contribution in [0.15, 0.2) is 32.9 Å². The number of nitrogen functional groups attached to an aromatic ring is 2. The summed E-state index contributed by atoms with van der Waals surface area (Å²) in [7, 11) is 0.